The summed E-state index contributed by atoms with van der Waals surface area (Å²) in [5.41, 5.74) is 6.10. The van der Waals surface area contributed by atoms with Gasteiger partial charge < -0.3 is 0 Å². The molecule has 0 bridgehead atoms. The first-order valence-electron chi connectivity index (χ1n) is 12.9. The predicted octanol–water partition coefficient (Wildman–Crippen LogP) is 7.70. The van der Waals surface area contributed by atoms with E-state index < -0.39 is 0 Å². The Kier molecular flexibility index (Phi) is 7.00. The summed E-state index contributed by atoms with van der Waals surface area (Å²) < 4.78 is 15.0. The van der Waals surface area contributed by atoms with Crippen LogP contribution in [0.25, 0.3) is 28.7 Å². The Morgan fingerprint density at radius 3 is 2.18 bits per heavy atom. The Morgan fingerprint density at radius 2 is 1.49 bits per heavy atom. The lowest BCUT2D eigenvalue weighted by Crippen LogP contribution is -2.23. The van der Waals surface area contributed by atoms with Crippen molar-refractivity contribution >= 4 is 23.1 Å². The van der Waals surface area contributed by atoms with Gasteiger partial charge in [0.25, 0.3) is 5.56 Å². The molecule has 0 saturated heterocycles. The SMILES string of the molecule is Cc1cc(C#Cc2ccc(C(C)(C)C)cc2)ccc1-n1c(C=Cc2ccc(F)cc2)nc2ccccc2c1=O. The van der Waals surface area contributed by atoms with Crippen LogP contribution in [0.2, 0.25) is 0 Å². The predicted molar refractivity (Wildman–Crippen MR) is 159 cm³/mol. The van der Waals surface area contributed by atoms with Crippen molar-refractivity contribution in [2.75, 3.05) is 0 Å². The second-order valence-electron chi connectivity index (χ2n) is 10.6. The van der Waals surface area contributed by atoms with E-state index in [0.717, 1.165) is 27.9 Å². The zero-order valence-electron chi connectivity index (χ0n) is 22.5. The fourth-order valence-corrected chi connectivity index (χ4v) is 4.42. The van der Waals surface area contributed by atoms with E-state index in [4.69, 9.17) is 4.98 Å². The van der Waals surface area contributed by atoms with Gasteiger partial charge in [0.1, 0.15) is 11.6 Å². The summed E-state index contributed by atoms with van der Waals surface area (Å²) in [7, 11) is 0. The molecule has 4 aromatic carbocycles. The lowest BCUT2D eigenvalue weighted by atomic mass is 9.87. The molecule has 0 radical (unpaired) electrons. The molecule has 0 atom stereocenters. The Balaban J connectivity index is 1.54. The molecule has 0 spiro atoms. The van der Waals surface area contributed by atoms with Crippen molar-refractivity contribution < 1.29 is 4.39 Å². The first-order chi connectivity index (χ1) is 18.7. The minimum atomic E-state index is -0.298. The highest BCUT2D eigenvalue weighted by atomic mass is 19.1. The summed E-state index contributed by atoms with van der Waals surface area (Å²) >= 11 is 0. The van der Waals surface area contributed by atoms with Gasteiger partial charge in [-0.3, -0.25) is 9.36 Å². The highest BCUT2D eigenvalue weighted by Gasteiger charge is 2.14. The van der Waals surface area contributed by atoms with Crippen molar-refractivity contribution in [3.05, 3.63) is 141 Å². The zero-order chi connectivity index (χ0) is 27.6. The number of nitrogens with zero attached hydrogens (tertiary/aromatic N) is 2. The third-order valence-electron chi connectivity index (χ3n) is 6.64. The van der Waals surface area contributed by atoms with Gasteiger partial charge in [-0.25, -0.2) is 9.37 Å². The van der Waals surface area contributed by atoms with Gasteiger partial charge in [-0.05, 0) is 89.7 Å². The van der Waals surface area contributed by atoms with Crippen molar-refractivity contribution in [3.63, 3.8) is 0 Å². The molecule has 0 amide bonds. The Hall–Kier alpha value is -4.75. The van der Waals surface area contributed by atoms with Crippen LogP contribution in [0.4, 0.5) is 4.39 Å². The third-order valence-corrected chi connectivity index (χ3v) is 6.64. The number of aromatic nitrogens is 2. The van der Waals surface area contributed by atoms with Crippen LogP contribution >= 0.6 is 0 Å². The normalized spacial score (nSPS) is 11.5. The number of aryl methyl sites for hydroxylation is 1. The van der Waals surface area contributed by atoms with Gasteiger partial charge in [0.15, 0.2) is 0 Å². The van der Waals surface area contributed by atoms with Crippen LogP contribution < -0.4 is 5.56 Å². The highest BCUT2D eigenvalue weighted by molar-refractivity contribution is 5.80. The molecule has 0 N–H and O–H groups in total. The maximum absolute atomic E-state index is 13.7. The first-order valence-corrected chi connectivity index (χ1v) is 12.9. The zero-order valence-corrected chi connectivity index (χ0v) is 22.5. The van der Waals surface area contributed by atoms with E-state index in [0.29, 0.717) is 16.7 Å². The molecular formula is C35H29FN2O. The molecule has 5 rings (SSSR count). The van der Waals surface area contributed by atoms with Crippen LogP contribution in [-0.2, 0) is 5.41 Å². The number of hydrogen-bond donors (Lipinski definition) is 0. The molecule has 5 aromatic rings. The van der Waals surface area contributed by atoms with Gasteiger partial charge in [-0.2, -0.15) is 0 Å². The van der Waals surface area contributed by atoms with Gasteiger partial charge >= 0.3 is 0 Å². The van der Waals surface area contributed by atoms with E-state index in [-0.39, 0.29) is 16.8 Å². The number of halogens is 1. The minimum Gasteiger partial charge on any atom is -0.268 e. The fraction of sp³-hybridized carbons (Fsp3) is 0.143. The smallest absolute Gasteiger partial charge is 0.266 e. The van der Waals surface area contributed by atoms with Gasteiger partial charge in [0, 0.05) is 11.1 Å². The summed E-state index contributed by atoms with van der Waals surface area (Å²) in [4.78, 5) is 18.4. The molecule has 0 unspecified atom stereocenters. The molecule has 39 heavy (non-hydrogen) atoms. The molecule has 0 aliphatic carbocycles. The molecule has 0 saturated carbocycles. The summed E-state index contributed by atoms with van der Waals surface area (Å²) in [5, 5.41) is 0.540. The fourth-order valence-electron chi connectivity index (χ4n) is 4.42. The van der Waals surface area contributed by atoms with E-state index in [1.165, 1.54) is 17.7 Å². The summed E-state index contributed by atoms with van der Waals surface area (Å²) in [6, 6.07) is 27.7. The lowest BCUT2D eigenvalue weighted by molar-refractivity contribution is 0.590. The van der Waals surface area contributed by atoms with Crippen LogP contribution in [0.1, 0.15) is 54.4 Å². The van der Waals surface area contributed by atoms with Crippen LogP contribution in [0, 0.1) is 24.6 Å². The van der Waals surface area contributed by atoms with E-state index >= 15 is 0 Å². The largest absolute Gasteiger partial charge is 0.268 e. The van der Waals surface area contributed by atoms with Gasteiger partial charge in [0.2, 0.25) is 0 Å². The van der Waals surface area contributed by atoms with E-state index in [1.807, 2.05) is 49.4 Å². The second-order valence-corrected chi connectivity index (χ2v) is 10.6. The topological polar surface area (TPSA) is 34.9 Å². The average Bonchev–Trinajstić information content (AvgIpc) is 2.92. The van der Waals surface area contributed by atoms with Crippen LogP contribution in [0.5, 0.6) is 0 Å². The molecule has 3 nitrogen and oxygen atoms in total. The van der Waals surface area contributed by atoms with Crippen molar-refractivity contribution in [1.29, 1.82) is 0 Å². The van der Waals surface area contributed by atoms with Gasteiger partial charge in [-0.15, -0.1) is 0 Å². The highest BCUT2D eigenvalue weighted by Crippen LogP contribution is 2.22. The van der Waals surface area contributed by atoms with E-state index in [1.54, 1.807) is 28.8 Å². The quantitative estimate of drug-likeness (QED) is 0.232. The second kappa shape index (κ2) is 10.6. The van der Waals surface area contributed by atoms with Crippen LogP contribution in [0.3, 0.4) is 0 Å². The minimum absolute atomic E-state index is 0.0989. The number of benzene rings is 4. The molecular weight excluding hydrogens is 483 g/mol. The van der Waals surface area contributed by atoms with Crippen molar-refractivity contribution in [2.24, 2.45) is 0 Å². The Bertz CT molecular complexity index is 1810. The standard InChI is InChI=1S/C35H29FN2O/c1-24-23-27(10-9-25-11-17-28(18-12-25)35(2,3)4)15-21-32(24)38-33(22-16-26-13-19-29(36)20-14-26)37-31-8-6-5-7-30(31)34(38)39/h5-8,11-23H,1-4H3. The van der Waals surface area contributed by atoms with Crippen LogP contribution in [0.15, 0.2) is 95.8 Å². The average molecular weight is 513 g/mol. The van der Waals surface area contributed by atoms with E-state index in [2.05, 4.69) is 56.9 Å². The van der Waals surface area contributed by atoms with Crippen LogP contribution in [-0.4, -0.2) is 9.55 Å². The number of fused-ring (bicyclic) bond motifs is 1. The Morgan fingerprint density at radius 1 is 0.821 bits per heavy atom. The molecule has 1 heterocycles. The van der Waals surface area contributed by atoms with Gasteiger partial charge in [-0.1, -0.05) is 75.1 Å². The van der Waals surface area contributed by atoms with E-state index in [9.17, 15) is 9.18 Å². The Labute approximate surface area is 228 Å². The molecule has 0 aliphatic rings. The number of para-hydroxylation sites is 1. The number of hydrogen-bond acceptors (Lipinski definition) is 2. The third kappa shape index (κ3) is 5.73. The first kappa shape index (κ1) is 25.9. The molecule has 192 valence electrons. The molecule has 0 aliphatic heterocycles. The monoisotopic (exact) mass is 512 g/mol. The molecule has 0 fully saturated rings. The number of rotatable bonds is 3. The maximum Gasteiger partial charge on any atom is 0.266 e. The summed E-state index contributed by atoms with van der Waals surface area (Å²) in [6.07, 6.45) is 3.61. The summed E-state index contributed by atoms with van der Waals surface area (Å²) in [6.45, 7) is 8.54. The lowest BCUT2D eigenvalue weighted by Gasteiger charge is -2.18. The van der Waals surface area contributed by atoms with Crippen molar-refractivity contribution in [1.82, 2.24) is 9.55 Å². The molecule has 4 heteroatoms. The van der Waals surface area contributed by atoms with Crippen molar-refractivity contribution in [3.8, 4) is 17.5 Å². The summed E-state index contributed by atoms with van der Waals surface area (Å²) in [5.74, 6) is 6.69. The maximum atomic E-state index is 13.7. The molecule has 1 aromatic heterocycles. The van der Waals surface area contributed by atoms with Gasteiger partial charge in [0.05, 0.1) is 16.6 Å². The van der Waals surface area contributed by atoms with Crippen molar-refractivity contribution in [2.45, 2.75) is 33.1 Å².